The van der Waals surface area contributed by atoms with Gasteiger partial charge >= 0.3 is 6.09 Å². The van der Waals surface area contributed by atoms with E-state index in [0.29, 0.717) is 52.6 Å². The zero-order valence-electron chi connectivity index (χ0n) is 26.5. The van der Waals surface area contributed by atoms with Crippen LogP contribution in [0.2, 0.25) is 0 Å². The second-order valence-electron chi connectivity index (χ2n) is 11.8. The van der Waals surface area contributed by atoms with E-state index in [2.05, 4.69) is 10.6 Å². The van der Waals surface area contributed by atoms with Gasteiger partial charge in [0.2, 0.25) is 17.7 Å². The van der Waals surface area contributed by atoms with Crippen LogP contribution in [0.1, 0.15) is 80.0 Å². The van der Waals surface area contributed by atoms with Crippen molar-refractivity contribution in [2.75, 3.05) is 58.6 Å². The zero-order valence-corrected chi connectivity index (χ0v) is 26.5. The SMILES string of the molecule is CN(CCOCCOCCOCCCCCC(=O)Nc1cccc2c1C(=O)N(C1CCC(=O)NC1=O)C2=O)C(=O)OC(C)(C)C. The highest BCUT2D eigenvalue weighted by molar-refractivity contribution is 6.26. The first-order chi connectivity index (χ1) is 21.4. The fourth-order valence-electron chi connectivity index (χ4n) is 4.67. The van der Waals surface area contributed by atoms with Gasteiger partial charge < -0.3 is 29.2 Å². The number of nitrogens with one attached hydrogen (secondary N) is 2. The minimum Gasteiger partial charge on any atom is -0.444 e. The lowest BCUT2D eigenvalue weighted by atomic mass is 10.0. The van der Waals surface area contributed by atoms with E-state index in [1.54, 1.807) is 19.2 Å². The average molecular weight is 633 g/mol. The number of rotatable bonds is 17. The van der Waals surface area contributed by atoms with Crippen molar-refractivity contribution in [2.24, 2.45) is 0 Å². The maximum absolute atomic E-state index is 13.1. The van der Waals surface area contributed by atoms with Crippen LogP contribution in [0.25, 0.3) is 0 Å². The number of hydrogen-bond donors (Lipinski definition) is 2. The minimum absolute atomic E-state index is 0.0287. The number of benzene rings is 1. The van der Waals surface area contributed by atoms with Crippen molar-refractivity contribution in [1.29, 1.82) is 0 Å². The summed E-state index contributed by atoms with van der Waals surface area (Å²) >= 11 is 0. The molecule has 1 saturated heterocycles. The van der Waals surface area contributed by atoms with Crippen LogP contribution < -0.4 is 10.6 Å². The molecule has 0 bridgehead atoms. The molecule has 0 radical (unpaired) electrons. The Morgan fingerprint density at radius 3 is 2.27 bits per heavy atom. The molecule has 0 spiro atoms. The number of ether oxygens (including phenoxy) is 4. The number of piperidine rings is 1. The highest BCUT2D eigenvalue weighted by Gasteiger charge is 2.45. The van der Waals surface area contributed by atoms with Gasteiger partial charge in [-0.05, 0) is 52.2 Å². The Morgan fingerprint density at radius 2 is 1.60 bits per heavy atom. The normalized spacial score (nSPS) is 16.4. The van der Waals surface area contributed by atoms with Gasteiger partial charge in [0.1, 0.15) is 11.6 Å². The molecule has 6 amide bonds. The van der Waals surface area contributed by atoms with E-state index in [1.165, 1.54) is 11.0 Å². The van der Waals surface area contributed by atoms with Crippen molar-refractivity contribution in [3.05, 3.63) is 29.3 Å². The molecule has 0 aromatic heterocycles. The van der Waals surface area contributed by atoms with Gasteiger partial charge in [-0.1, -0.05) is 12.5 Å². The lowest BCUT2D eigenvalue weighted by molar-refractivity contribution is -0.136. The minimum atomic E-state index is -1.07. The molecule has 45 heavy (non-hydrogen) atoms. The van der Waals surface area contributed by atoms with Crippen LogP contribution in [-0.2, 0) is 33.3 Å². The Hall–Kier alpha value is -3.88. The summed E-state index contributed by atoms with van der Waals surface area (Å²) in [4.78, 5) is 76.6. The summed E-state index contributed by atoms with van der Waals surface area (Å²) in [6, 6.07) is 3.52. The van der Waals surface area contributed by atoms with Gasteiger partial charge in [-0.3, -0.25) is 34.2 Å². The number of nitrogens with zero attached hydrogens (tertiary/aromatic N) is 2. The molecule has 2 N–H and O–H groups in total. The number of amides is 6. The van der Waals surface area contributed by atoms with Crippen molar-refractivity contribution >= 4 is 41.3 Å². The number of anilines is 1. The summed E-state index contributed by atoms with van der Waals surface area (Å²) in [6.45, 7) is 8.43. The molecule has 1 unspecified atom stereocenters. The Kier molecular flexibility index (Phi) is 13.4. The molecule has 1 aromatic rings. The summed E-state index contributed by atoms with van der Waals surface area (Å²) in [5, 5.41) is 4.89. The first-order valence-electron chi connectivity index (χ1n) is 15.2. The monoisotopic (exact) mass is 632 g/mol. The van der Waals surface area contributed by atoms with Crippen LogP contribution in [0.5, 0.6) is 0 Å². The molecule has 248 valence electrons. The van der Waals surface area contributed by atoms with Crippen molar-refractivity contribution in [2.45, 2.75) is 70.9 Å². The summed E-state index contributed by atoms with van der Waals surface area (Å²) in [6.07, 6.45) is 2.04. The first kappa shape index (κ1) is 35.6. The van der Waals surface area contributed by atoms with Crippen molar-refractivity contribution in [3.8, 4) is 0 Å². The fraction of sp³-hybridized carbons (Fsp3) is 0.613. The van der Waals surface area contributed by atoms with E-state index in [0.717, 1.165) is 17.7 Å². The molecule has 2 aliphatic rings. The Balaban J connectivity index is 1.23. The van der Waals surface area contributed by atoms with E-state index in [-0.39, 0.29) is 42.0 Å². The highest BCUT2D eigenvalue weighted by atomic mass is 16.6. The van der Waals surface area contributed by atoms with Gasteiger partial charge in [-0.15, -0.1) is 0 Å². The Bertz CT molecular complexity index is 1250. The molecule has 14 heteroatoms. The smallest absolute Gasteiger partial charge is 0.410 e. The lowest BCUT2D eigenvalue weighted by Crippen LogP contribution is -2.54. The van der Waals surface area contributed by atoms with Crippen LogP contribution in [-0.4, -0.2) is 110 Å². The molecule has 3 rings (SSSR count). The fourth-order valence-corrected chi connectivity index (χ4v) is 4.67. The quantitative estimate of drug-likeness (QED) is 0.192. The Morgan fingerprint density at radius 1 is 0.933 bits per heavy atom. The van der Waals surface area contributed by atoms with Crippen molar-refractivity contribution in [3.63, 3.8) is 0 Å². The maximum Gasteiger partial charge on any atom is 0.410 e. The largest absolute Gasteiger partial charge is 0.444 e. The number of hydrogen-bond acceptors (Lipinski definition) is 10. The van der Waals surface area contributed by atoms with Gasteiger partial charge in [-0.25, -0.2) is 4.79 Å². The molecule has 1 aromatic carbocycles. The maximum atomic E-state index is 13.1. The van der Waals surface area contributed by atoms with Crippen LogP contribution in [0.4, 0.5) is 10.5 Å². The third-order valence-electron chi connectivity index (χ3n) is 6.95. The average Bonchev–Trinajstić information content (AvgIpc) is 3.22. The standard InChI is InChI=1S/C31H44N4O10/c1-31(2,3)45-30(41)34(4)14-16-43-18-20-44-19-17-42-15-7-5-6-11-24(36)32-22-10-8-9-21-26(22)29(40)35(28(21)39)23-12-13-25(37)33-27(23)38/h8-10,23H,5-7,11-20H2,1-4H3,(H,32,36)(H,33,37,38). The van der Waals surface area contributed by atoms with E-state index < -0.39 is 41.4 Å². The van der Waals surface area contributed by atoms with Gasteiger partial charge in [0, 0.05) is 33.0 Å². The number of unbranched alkanes of at least 4 members (excludes halogenated alkanes) is 2. The molecule has 2 aliphatic heterocycles. The first-order valence-corrected chi connectivity index (χ1v) is 15.2. The predicted octanol–water partition coefficient (Wildman–Crippen LogP) is 2.50. The predicted molar refractivity (Wildman–Crippen MR) is 162 cm³/mol. The number of likely N-dealkylation sites (N-methyl/N-ethyl adjacent to an activating group) is 1. The lowest BCUT2D eigenvalue weighted by Gasteiger charge is -2.27. The second-order valence-corrected chi connectivity index (χ2v) is 11.8. The summed E-state index contributed by atoms with van der Waals surface area (Å²) in [7, 11) is 1.66. The molecule has 14 nitrogen and oxygen atoms in total. The molecular formula is C31H44N4O10. The summed E-state index contributed by atoms with van der Waals surface area (Å²) < 4.78 is 21.8. The molecule has 1 fully saturated rings. The number of fused-ring (bicyclic) bond motifs is 1. The van der Waals surface area contributed by atoms with E-state index in [4.69, 9.17) is 18.9 Å². The van der Waals surface area contributed by atoms with Gasteiger partial charge in [0.05, 0.1) is 49.8 Å². The van der Waals surface area contributed by atoms with Gasteiger partial charge in [-0.2, -0.15) is 0 Å². The van der Waals surface area contributed by atoms with Crippen molar-refractivity contribution < 1.29 is 47.7 Å². The molecule has 2 heterocycles. The highest BCUT2D eigenvalue weighted by Crippen LogP contribution is 2.32. The number of carbonyl (C=O) groups excluding carboxylic acids is 6. The van der Waals surface area contributed by atoms with Crippen LogP contribution in [0, 0.1) is 0 Å². The molecular weight excluding hydrogens is 588 g/mol. The zero-order chi connectivity index (χ0) is 33.0. The third-order valence-corrected chi connectivity index (χ3v) is 6.95. The topological polar surface area (TPSA) is 170 Å². The van der Waals surface area contributed by atoms with Crippen molar-refractivity contribution in [1.82, 2.24) is 15.1 Å². The van der Waals surface area contributed by atoms with E-state index in [1.807, 2.05) is 20.8 Å². The number of imide groups is 2. The Labute approximate surface area is 263 Å². The summed E-state index contributed by atoms with van der Waals surface area (Å²) in [5.74, 6) is -2.72. The third kappa shape index (κ3) is 10.9. The molecule has 0 aliphatic carbocycles. The molecule has 0 saturated carbocycles. The van der Waals surface area contributed by atoms with E-state index in [9.17, 15) is 28.8 Å². The number of carbonyl (C=O) groups is 6. The van der Waals surface area contributed by atoms with E-state index >= 15 is 0 Å². The molecule has 1 atom stereocenters. The van der Waals surface area contributed by atoms with Crippen LogP contribution >= 0.6 is 0 Å². The van der Waals surface area contributed by atoms with Crippen LogP contribution in [0.15, 0.2) is 18.2 Å². The van der Waals surface area contributed by atoms with Gasteiger partial charge in [0.15, 0.2) is 0 Å². The summed E-state index contributed by atoms with van der Waals surface area (Å²) in [5.41, 5.74) is -0.163. The van der Waals surface area contributed by atoms with Crippen LogP contribution in [0.3, 0.4) is 0 Å². The van der Waals surface area contributed by atoms with Gasteiger partial charge in [0.25, 0.3) is 11.8 Å². The second kappa shape index (κ2) is 17.0.